The van der Waals surface area contributed by atoms with Crippen LogP contribution in [0.2, 0.25) is 0 Å². The van der Waals surface area contributed by atoms with Gasteiger partial charge in [-0.25, -0.2) is 0 Å². The second-order valence-corrected chi connectivity index (χ2v) is 8.52. The fourth-order valence-corrected chi connectivity index (χ4v) is 5.54. The zero-order valence-corrected chi connectivity index (χ0v) is 16.0. The Morgan fingerprint density at radius 2 is 2.00 bits per heavy atom. The summed E-state index contributed by atoms with van der Waals surface area (Å²) < 4.78 is 11.6. The molecule has 2 saturated heterocycles. The molecule has 4 aliphatic rings. The smallest absolute Gasteiger partial charge is 0.193 e. The molecule has 5 heteroatoms. The molecule has 3 unspecified atom stereocenters. The molecule has 2 heterocycles. The van der Waals surface area contributed by atoms with Crippen molar-refractivity contribution in [1.82, 2.24) is 10.2 Å². The van der Waals surface area contributed by atoms with Gasteiger partial charge < -0.3 is 19.7 Å². The Bertz CT molecular complexity index is 485. The second kappa shape index (κ2) is 7.43. The van der Waals surface area contributed by atoms with Gasteiger partial charge in [0, 0.05) is 57.3 Å². The number of aliphatic imine (C=N–C) groups is 1. The standard InChI is InChI=1S/C20H35N3O2/c1-3-21-19(23(2)11-5-15-6-12-24-13-7-15)22-17-16-8-14-25-18(16)20(17)9-4-10-20/h15-18H,3-14H2,1-2H3,(H,21,22). The zero-order valence-electron chi connectivity index (χ0n) is 16.0. The molecule has 3 atom stereocenters. The predicted octanol–water partition coefficient (Wildman–Crippen LogP) is 2.66. The van der Waals surface area contributed by atoms with E-state index in [1.54, 1.807) is 0 Å². The first-order chi connectivity index (χ1) is 12.2. The molecular weight excluding hydrogens is 314 g/mol. The van der Waals surface area contributed by atoms with E-state index in [2.05, 4.69) is 24.2 Å². The van der Waals surface area contributed by atoms with Crippen LogP contribution >= 0.6 is 0 Å². The van der Waals surface area contributed by atoms with Crippen LogP contribution in [0.3, 0.4) is 0 Å². The van der Waals surface area contributed by atoms with Crippen molar-refractivity contribution in [2.24, 2.45) is 22.2 Å². The third-order valence-corrected chi connectivity index (χ3v) is 7.20. The second-order valence-electron chi connectivity index (χ2n) is 8.52. The SMILES string of the molecule is CCN=C(NC1C2CCOC2C12CCC2)N(C)CCC1CCOCC1. The fourth-order valence-electron chi connectivity index (χ4n) is 5.54. The molecule has 2 aliphatic heterocycles. The van der Waals surface area contributed by atoms with E-state index in [9.17, 15) is 0 Å². The summed E-state index contributed by atoms with van der Waals surface area (Å²) in [5.74, 6) is 2.62. The first-order valence-corrected chi connectivity index (χ1v) is 10.5. The van der Waals surface area contributed by atoms with E-state index in [0.717, 1.165) is 44.8 Å². The first-order valence-electron chi connectivity index (χ1n) is 10.5. The van der Waals surface area contributed by atoms with E-state index in [1.165, 1.54) is 44.9 Å². The molecule has 0 bridgehead atoms. The lowest BCUT2D eigenvalue weighted by atomic mass is 9.46. The first kappa shape index (κ1) is 17.6. The van der Waals surface area contributed by atoms with Crippen LogP contribution in [0, 0.1) is 17.3 Å². The Balaban J connectivity index is 1.35. The molecule has 0 aromatic rings. The van der Waals surface area contributed by atoms with Crippen molar-refractivity contribution in [2.45, 2.75) is 64.0 Å². The van der Waals surface area contributed by atoms with E-state index < -0.39 is 0 Å². The average molecular weight is 350 g/mol. The van der Waals surface area contributed by atoms with Crippen LogP contribution in [0.25, 0.3) is 0 Å². The van der Waals surface area contributed by atoms with Crippen molar-refractivity contribution in [1.29, 1.82) is 0 Å². The van der Waals surface area contributed by atoms with Gasteiger partial charge in [-0.1, -0.05) is 6.42 Å². The lowest BCUT2D eigenvalue weighted by Crippen LogP contribution is -2.72. The molecule has 1 N–H and O–H groups in total. The van der Waals surface area contributed by atoms with Gasteiger partial charge in [0.2, 0.25) is 0 Å². The lowest BCUT2D eigenvalue weighted by Gasteiger charge is -2.63. The molecule has 142 valence electrons. The van der Waals surface area contributed by atoms with E-state index >= 15 is 0 Å². The minimum Gasteiger partial charge on any atom is -0.381 e. The van der Waals surface area contributed by atoms with Crippen LogP contribution in [-0.4, -0.2) is 63.0 Å². The topological polar surface area (TPSA) is 46.1 Å². The molecule has 4 rings (SSSR count). The predicted molar refractivity (Wildman–Crippen MR) is 99.8 cm³/mol. The maximum absolute atomic E-state index is 6.06. The third-order valence-electron chi connectivity index (χ3n) is 7.20. The molecule has 0 aromatic heterocycles. The van der Waals surface area contributed by atoms with Gasteiger partial charge in [0.25, 0.3) is 0 Å². The fraction of sp³-hybridized carbons (Fsp3) is 0.950. The quantitative estimate of drug-likeness (QED) is 0.612. The van der Waals surface area contributed by atoms with Crippen molar-refractivity contribution in [3.63, 3.8) is 0 Å². The van der Waals surface area contributed by atoms with E-state index in [4.69, 9.17) is 14.5 Å². The minimum atomic E-state index is 0.414. The molecule has 5 nitrogen and oxygen atoms in total. The Morgan fingerprint density at radius 1 is 1.20 bits per heavy atom. The van der Waals surface area contributed by atoms with Crippen LogP contribution in [0.15, 0.2) is 4.99 Å². The minimum absolute atomic E-state index is 0.414. The lowest BCUT2D eigenvalue weighted by molar-refractivity contribution is -0.171. The summed E-state index contributed by atoms with van der Waals surface area (Å²) in [6.45, 7) is 6.89. The van der Waals surface area contributed by atoms with Crippen molar-refractivity contribution in [2.75, 3.05) is 40.0 Å². The highest BCUT2D eigenvalue weighted by molar-refractivity contribution is 5.80. The molecule has 0 amide bonds. The Hall–Kier alpha value is -0.810. The maximum atomic E-state index is 6.06. The number of fused-ring (bicyclic) bond motifs is 2. The highest BCUT2D eigenvalue weighted by atomic mass is 16.5. The molecule has 25 heavy (non-hydrogen) atoms. The molecule has 1 spiro atoms. The van der Waals surface area contributed by atoms with Crippen LogP contribution in [0.5, 0.6) is 0 Å². The molecule has 2 aliphatic carbocycles. The average Bonchev–Trinajstić information content (AvgIpc) is 3.01. The summed E-state index contributed by atoms with van der Waals surface area (Å²) in [6, 6.07) is 0.574. The normalized spacial score (nSPS) is 34.3. The van der Waals surface area contributed by atoms with Gasteiger partial charge in [0.15, 0.2) is 5.96 Å². The number of rotatable bonds is 5. The van der Waals surface area contributed by atoms with Gasteiger partial charge in [-0.2, -0.15) is 0 Å². The zero-order chi connectivity index (χ0) is 17.3. The molecule has 2 saturated carbocycles. The number of guanidine groups is 1. The van der Waals surface area contributed by atoms with Gasteiger partial charge in [0.1, 0.15) is 0 Å². The van der Waals surface area contributed by atoms with Crippen molar-refractivity contribution in [3.8, 4) is 0 Å². The number of hydrogen-bond donors (Lipinski definition) is 1. The summed E-state index contributed by atoms with van der Waals surface area (Å²) in [5.41, 5.74) is 0.414. The summed E-state index contributed by atoms with van der Waals surface area (Å²) in [6.07, 6.45) is 9.44. The number of hydrogen-bond acceptors (Lipinski definition) is 3. The van der Waals surface area contributed by atoms with E-state index in [0.29, 0.717) is 23.5 Å². The third kappa shape index (κ3) is 3.18. The van der Waals surface area contributed by atoms with Gasteiger partial charge in [-0.15, -0.1) is 0 Å². The highest BCUT2D eigenvalue weighted by Crippen LogP contribution is 2.62. The van der Waals surface area contributed by atoms with Gasteiger partial charge >= 0.3 is 0 Å². The van der Waals surface area contributed by atoms with E-state index in [1.807, 2.05) is 0 Å². The monoisotopic (exact) mass is 349 g/mol. The summed E-state index contributed by atoms with van der Waals surface area (Å²) >= 11 is 0. The Morgan fingerprint density at radius 3 is 2.68 bits per heavy atom. The van der Waals surface area contributed by atoms with Gasteiger partial charge in [-0.3, -0.25) is 4.99 Å². The Kier molecular flexibility index (Phi) is 5.23. The number of ether oxygens (including phenoxy) is 2. The molecule has 0 aromatic carbocycles. The highest BCUT2D eigenvalue weighted by Gasteiger charge is 2.66. The van der Waals surface area contributed by atoms with E-state index in [-0.39, 0.29) is 0 Å². The largest absolute Gasteiger partial charge is 0.381 e. The Labute approximate surface area is 152 Å². The number of nitrogens with one attached hydrogen (secondary N) is 1. The summed E-state index contributed by atoms with van der Waals surface area (Å²) in [7, 11) is 2.20. The van der Waals surface area contributed by atoms with Crippen LogP contribution in [0.4, 0.5) is 0 Å². The van der Waals surface area contributed by atoms with Crippen LogP contribution < -0.4 is 5.32 Å². The summed E-state index contributed by atoms with van der Waals surface area (Å²) in [4.78, 5) is 7.17. The van der Waals surface area contributed by atoms with Crippen molar-refractivity contribution < 1.29 is 9.47 Å². The van der Waals surface area contributed by atoms with Crippen LogP contribution in [0.1, 0.15) is 51.9 Å². The molecule has 0 radical (unpaired) electrons. The van der Waals surface area contributed by atoms with Crippen LogP contribution in [-0.2, 0) is 9.47 Å². The maximum Gasteiger partial charge on any atom is 0.193 e. The molecule has 4 fully saturated rings. The van der Waals surface area contributed by atoms with Gasteiger partial charge in [0.05, 0.1) is 6.10 Å². The number of nitrogens with zero attached hydrogens (tertiary/aromatic N) is 2. The molecular formula is C20H35N3O2. The van der Waals surface area contributed by atoms with Crippen molar-refractivity contribution >= 4 is 5.96 Å². The van der Waals surface area contributed by atoms with Crippen molar-refractivity contribution in [3.05, 3.63) is 0 Å². The summed E-state index contributed by atoms with van der Waals surface area (Å²) in [5, 5.41) is 3.88. The van der Waals surface area contributed by atoms with Gasteiger partial charge in [-0.05, 0) is 51.4 Å².